The van der Waals surface area contributed by atoms with Gasteiger partial charge in [0.1, 0.15) is 9.84 Å². The first kappa shape index (κ1) is 13.4. The van der Waals surface area contributed by atoms with E-state index in [1.807, 2.05) is 0 Å². The summed E-state index contributed by atoms with van der Waals surface area (Å²) in [7, 11) is -2.99. The molecule has 1 saturated heterocycles. The topological polar surface area (TPSA) is 75.3 Å². The Kier molecular flexibility index (Phi) is 5.21. The molecular weight excluding hydrogens is 228 g/mol. The Bertz CT molecular complexity index is 319. The lowest BCUT2D eigenvalue weighted by Gasteiger charge is -2.15. The van der Waals surface area contributed by atoms with E-state index in [1.165, 1.54) is 6.26 Å². The first-order chi connectivity index (χ1) is 7.49. The summed E-state index contributed by atoms with van der Waals surface area (Å²) in [6.07, 6.45) is 5.32. The zero-order chi connectivity index (χ0) is 12.0. The number of hydrogen-bond acceptors (Lipinski definition) is 4. The van der Waals surface area contributed by atoms with E-state index < -0.39 is 9.84 Å². The zero-order valence-electron chi connectivity index (χ0n) is 9.66. The summed E-state index contributed by atoms with van der Waals surface area (Å²) in [5.41, 5.74) is 0. The number of amides is 1. The van der Waals surface area contributed by atoms with Gasteiger partial charge >= 0.3 is 0 Å². The number of nitrogens with one attached hydrogen (secondary N) is 2. The van der Waals surface area contributed by atoms with Crippen molar-refractivity contribution >= 4 is 15.7 Å². The lowest BCUT2D eigenvalue weighted by Crippen LogP contribution is -2.44. The third kappa shape index (κ3) is 5.46. The minimum Gasteiger partial charge on any atom is -0.354 e. The first-order valence-corrected chi connectivity index (χ1v) is 7.74. The van der Waals surface area contributed by atoms with Crippen LogP contribution in [-0.2, 0) is 14.6 Å². The van der Waals surface area contributed by atoms with Crippen LogP contribution in [0.25, 0.3) is 0 Å². The molecule has 0 aliphatic carbocycles. The Morgan fingerprint density at radius 2 is 2.12 bits per heavy atom. The quantitative estimate of drug-likeness (QED) is 0.715. The predicted molar refractivity (Wildman–Crippen MR) is 63.0 cm³/mol. The summed E-state index contributed by atoms with van der Waals surface area (Å²) in [5.74, 6) is -0.0728. The molecule has 94 valence electrons. The van der Waals surface area contributed by atoms with Crippen molar-refractivity contribution in [1.29, 1.82) is 0 Å². The standard InChI is InChI=1S/C10H20N2O3S/c1-16(14,15)8-7-12-10(13)9-5-3-2-4-6-11-9/h9,11H,2-8H2,1H3,(H,12,13). The number of carbonyl (C=O) groups is 1. The fraction of sp³-hybridized carbons (Fsp3) is 0.900. The number of hydrogen-bond donors (Lipinski definition) is 2. The minimum absolute atomic E-state index is 0.00542. The molecule has 1 unspecified atom stereocenters. The summed E-state index contributed by atoms with van der Waals surface area (Å²) in [5, 5.41) is 5.82. The van der Waals surface area contributed by atoms with Crippen molar-refractivity contribution in [2.24, 2.45) is 0 Å². The molecule has 1 atom stereocenters. The van der Waals surface area contributed by atoms with Crippen molar-refractivity contribution in [3.8, 4) is 0 Å². The van der Waals surface area contributed by atoms with Crippen LogP contribution in [0, 0.1) is 0 Å². The van der Waals surface area contributed by atoms with Crippen LogP contribution in [0.5, 0.6) is 0 Å². The summed E-state index contributed by atoms with van der Waals surface area (Å²) >= 11 is 0. The molecule has 16 heavy (non-hydrogen) atoms. The maximum Gasteiger partial charge on any atom is 0.237 e. The fourth-order valence-corrected chi connectivity index (χ4v) is 2.21. The second-order valence-electron chi connectivity index (χ2n) is 4.28. The SMILES string of the molecule is CS(=O)(=O)CCNC(=O)C1CCCCCN1. The Hall–Kier alpha value is -0.620. The van der Waals surface area contributed by atoms with E-state index in [9.17, 15) is 13.2 Å². The van der Waals surface area contributed by atoms with Gasteiger partial charge in [0.2, 0.25) is 5.91 Å². The lowest BCUT2D eigenvalue weighted by molar-refractivity contribution is -0.123. The van der Waals surface area contributed by atoms with Gasteiger partial charge in [0.15, 0.2) is 0 Å². The summed E-state index contributed by atoms with van der Waals surface area (Å²) in [4.78, 5) is 11.7. The second-order valence-corrected chi connectivity index (χ2v) is 6.54. The van der Waals surface area contributed by atoms with E-state index in [0.717, 1.165) is 32.2 Å². The molecule has 1 aliphatic rings. The average Bonchev–Trinajstić information content (AvgIpc) is 2.43. The van der Waals surface area contributed by atoms with Gasteiger partial charge in [-0.05, 0) is 19.4 Å². The van der Waals surface area contributed by atoms with Gasteiger partial charge in [0.05, 0.1) is 11.8 Å². The highest BCUT2D eigenvalue weighted by molar-refractivity contribution is 7.90. The van der Waals surface area contributed by atoms with Crippen molar-refractivity contribution in [2.75, 3.05) is 25.1 Å². The molecule has 0 aromatic rings. The van der Waals surface area contributed by atoms with Gasteiger partial charge in [-0.15, -0.1) is 0 Å². The lowest BCUT2D eigenvalue weighted by atomic mass is 10.1. The van der Waals surface area contributed by atoms with Crippen molar-refractivity contribution in [3.05, 3.63) is 0 Å². The van der Waals surface area contributed by atoms with Crippen molar-refractivity contribution < 1.29 is 13.2 Å². The van der Waals surface area contributed by atoms with E-state index in [4.69, 9.17) is 0 Å². The Morgan fingerprint density at radius 3 is 2.81 bits per heavy atom. The fourth-order valence-electron chi connectivity index (χ4n) is 1.74. The van der Waals surface area contributed by atoms with Crippen LogP contribution in [0.4, 0.5) is 0 Å². The van der Waals surface area contributed by atoms with Gasteiger partial charge in [0.25, 0.3) is 0 Å². The van der Waals surface area contributed by atoms with E-state index >= 15 is 0 Å². The molecule has 0 radical (unpaired) electrons. The molecular formula is C10H20N2O3S. The number of sulfone groups is 1. The maximum absolute atomic E-state index is 11.7. The van der Waals surface area contributed by atoms with Crippen LogP contribution in [0.15, 0.2) is 0 Å². The second kappa shape index (κ2) is 6.20. The van der Waals surface area contributed by atoms with Crippen molar-refractivity contribution in [3.63, 3.8) is 0 Å². The highest BCUT2D eigenvalue weighted by Crippen LogP contribution is 2.08. The number of carbonyl (C=O) groups excluding carboxylic acids is 1. The largest absolute Gasteiger partial charge is 0.354 e. The first-order valence-electron chi connectivity index (χ1n) is 5.68. The Balaban J connectivity index is 2.28. The maximum atomic E-state index is 11.7. The van der Waals surface area contributed by atoms with Crippen LogP contribution in [0.3, 0.4) is 0 Å². The monoisotopic (exact) mass is 248 g/mol. The highest BCUT2D eigenvalue weighted by atomic mass is 32.2. The summed E-state index contributed by atoms with van der Waals surface area (Å²) in [6, 6.07) is -0.151. The van der Waals surface area contributed by atoms with Gasteiger partial charge in [-0.25, -0.2) is 8.42 Å². The van der Waals surface area contributed by atoms with E-state index in [2.05, 4.69) is 10.6 Å². The number of rotatable bonds is 4. The van der Waals surface area contributed by atoms with Crippen LogP contribution < -0.4 is 10.6 Å². The van der Waals surface area contributed by atoms with Crippen molar-refractivity contribution in [1.82, 2.24) is 10.6 Å². The molecule has 0 aromatic heterocycles. The summed E-state index contributed by atoms with van der Waals surface area (Å²) < 4.78 is 21.8. The van der Waals surface area contributed by atoms with Gasteiger partial charge < -0.3 is 10.6 Å². The van der Waals surface area contributed by atoms with Crippen LogP contribution >= 0.6 is 0 Å². The molecule has 1 amide bonds. The van der Waals surface area contributed by atoms with Gasteiger partial charge in [-0.3, -0.25) is 4.79 Å². The average molecular weight is 248 g/mol. The highest BCUT2D eigenvalue weighted by Gasteiger charge is 2.19. The molecule has 1 heterocycles. The van der Waals surface area contributed by atoms with E-state index in [1.54, 1.807) is 0 Å². The third-order valence-electron chi connectivity index (χ3n) is 2.65. The molecule has 1 rings (SSSR count). The molecule has 1 fully saturated rings. The van der Waals surface area contributed by atoms with E-state index in [-0.39, 0.29) is 24.2 Å². The van der Waals surface area contributed by atoms with Crippen LogP contribution in [-0.4, -0.2) is 45.5 Å². The molecule has 0 aromatic carbocycles. The van der Waals surface area contributed by atoms with E-state index in [0.29, 0.717) is 0 Å². The smallest absolute Gasteiger partial charge is 0.237 e. The molecule has 5 nitrogen and oxygen atoms in total. The molecule has 6 heteroatoms. The molecule has 2 N–H and O–H groups in total. The van der Waals surface area contributed by atoms with Crippen LogP contribution in [0.2, 0.25) is 0 Å². The Morgan fingerprint density at radius 1 is 1.38 bits per heavy atom. The van der Waals surface area contributed by atoms with Crippen molar-refractivity contribution in [2.45, 2.75) is 31.7 Å². The normalized spacial score (nSPS) is 22.4. The zero-order valence-corrected chi connectivity index (χ0v) is 10.5. The third-order valence-corrected chi connectivity index (χ3v) is 3.59. The molecule has 0 bridgehead atoms. The molecule has 1 aliphatic heterocycles. The van der Waals surface area contributed by atoms with Gasteiger partial charge in [-0.2, -0.15) is 0 Å². The van der Waals surface area contributed by atoms with Gasteiger partial charge in [-0.1, -0.05) is 12.8 Å². The minimum atomic E-state index is -2.99. The van der Waals surface area contributed by atoms with Crippen LogP contribution in [0.1, 0.15) is 25.7 Å². The molecule has 0 spiro atoms. The predicted octanol–water partition coefficient (Wildman–Crippen LogP) is -0.321. The van der Waals surface area contributed by atoms with Gasteiger partial charge in [0, 0.05) is 12.8 Å². The Labute approximate surface area is 96.9 Å². The molecule has 0 saturated carbocycles. The summed E-state index contributed by atoms with van der Waals surface area (Å²) in [6.45, 7) is 1.07.